The molecule has 1 aromatic carbocycles. The van der Waals surface area contributed by atoms with E-state index in [9.17, 15) is 0 Å². The monoisotopic (exact) mass is 271 g/mol. The standard InChI is InChI=1S/C15H21N5/c1-2-7-13(8-3-1)15-17-19-20(18-15)12-6-11-16-14-9-4-5-10-14/h1-3,7-8,14,16H,4-6,9-12H2. The van der Waals surface area contributed by atoms with Gasteiger partial charge in [-0.05, 0) is 31.0 Å². The minimum atomic E-state index is 0.703. The maximum atomic E-state index is 4.42. The predicted octanol–water partition coefficient (Wildman–Crippen LogP) is 2.26. The first-order valence-electron chi connectivity index (χ1n) is 7.48. The number of benzene rings is 1. The van der Waals surface area contributed by atoms with Crippen LogP contribution in [0, 0.1) is 0 Å². The van der Waals surface area contributed by atoms with Crippen molar-refractivity contribution in [3.05, 3.63) is 30.3 Å². The summed E-state index contributed by atoms with van der Waals surface area (Å²) in [5.41, 5.74) is 1.02. The summed E-state index contributed by atoms with van der Waals surface area (Å²) in [6.07, 6.45) is 6.46. The van der Waals surface area contributed by atoms with Crippen LogP contribution in [0.15, 0.2) is 30.3 Å². The molecule has 1 aliphatic rings. The molecule has 0 spiro atoms. The van der Waals surface area contributed by atoms with Crippen LogP contribution in [0.25, 0.3) is 11.4 Å². The van der Waals surface area contributed by atoms with Crippen LogP contribution < -0.4 is 5.32 Å². The molecule has 0 atom stereocenters. The van der Waals surface area contributed by atoms with E-state index in [1.807, 2.05) is 30.3 Å². The molecule has 0 unspecified atom stereocenters. The third-order valence-corrected chi connectivity index (χ3v) is 3.81. The maximum absolute atomic E-state index is 4.42. The zero-order valence-electron chi connectivity index (χ0n) is 11.7. The van der Waals surface area contributed by atoms with E-state index in [1.165, 1.54) is 25.7 Å². The number of aromatic nitrogens is 4. The van der Waals surface area contributed by atoms with Crippen molar-refractivity contribution in [3.63, 3.8) is 0 Å². The van der Waals surface area contributed by atoms with E-state index in [0.717, 1.165) is 31.1 Å². The fraction of sp³-hybridized carbons (Fsp3) is 0.533. The number of hydrogen-bond acceptors (Lipinski definition) is 4. The van der Waals surface area contributed by atoms with Crippen molar-refractivity contribution in [1.29, 1.82) is 0 Å². The maximum Gasteiger partial charge on any atom is 0.204 e. The van der Waals surface area contributed by atoms with Crippen LogP contribution in [0.5, 0.6) is 0 Å². The average molecular weight is 271 g/mol. The Labute approximate surface area is 119 Å². The molecule has 0 aliphatic heterocycles. The van der Waals surface area contributed by atoms with Gasteiger partial charge < -0.3 is 5.32 Å². The Morgan fingerprint density at radius 1 is 1.15 bits per heavy atom. The van der Waals surface area contributed by atoms with Gasteiger partial charge in [0.2, 0.25) is 5.82 Å². The van der Waals surface area contributed by atoms with Gasteiger partial charge in [0.05, 0.1) is 6.54 Å². The molecule has 1 heterocycles. The third-order valence-electron chi connectivity index (χ3n) is 3.81. The van der Waals surface area contributed by atoms with Gasteiger partial charge in [0.15, 0.2) is 0 Å². The molecule has 5 nitrogen and oxygen atoms in total. The third kappa shape index (κ3) is 3.42. The van der Waals surface area contributed by atoms with Crippen molar-refractivity contribution in [2.24, 2.45) is 0 Å². The van der Waals surface area contributed by atoms with Gasteiger partial charge in [0.25, 0.3) is 0 Å². The lowest BCUT2D eigenvalue weighted by atomic mass is 10.2. The normalized spacial score (nSPS) is 15.8. The number of aryl methyl sites for hydroxylation is 1. The molecule has 3 rings (SSSR count). The van der Waals surface area contributed by atoms with Gasteiger partial charge in [-0.3, -0.25) is 0 Å². The molecular weight excluding hydrogens is 250 g/mol. The first-order chi connectivity index (χ1) is 9.92. The Hall–Kier alpha value is -1.75. The molecule has 1 fully saturated rings. The molecule has 1 saturated carbocycles. The minimum Gasteiger partial charge on any atom is -0.314 e. The summed E-state index contributed by atoms with van der Waals surface area (Å²) in [4.78, 5) is 1.69. The van der Waals surface area contributed by atoms with Crippen LogP contribution in [0.1, 0.15) is 32.1 Å². The number of hydrogen-bond donors (Lipinski definition) is 1. The fourth-order valence-electron chi connectivity index (χ4n) is 2.70. The summed E-state index contributed by atoms with van der Waals surface area (Å²) in [5, 5.41) is 16.2. The van der Waals surface area contributed by atoms with Gasteiger partial charge in [-0.2, -0.15) is 4.80 Å². The van der Waals surface area contributed by atoms with E-state index in [1.54, 1.807) is 4.80 Å². The summed E-state index contributed by atoms with van der Waals surface area (Å²) < 4.78 is 0. The van der Waals surface area contributed by atoms with E-state index >= 15 is 0 Å². The van der Waals surface area contributed by atoms with E-state index in [2.05, 4.69) is 20.7 Å². The molecular formula is C15H21N5. The quantitative estimate of drug-likeness (QED) is 0.819. The first kappa shape index (κ1) is 13.2. The average Bonchev–Trinajstić information content (AvgIpc) is 3.16. The van der Waals surface area contributed by atoms with Crippen LogP contribution >= 0.6 is 0 Å². The topological polar surface area (TPSA) is 55.6 Å². The second-order valence-corrected chi connectivity index (χ2v) is 5.36. The fourth-order valence-corrected chi connectivity index (χ4v) is 2.70. The molecule has 1 aromatic heterocycles. The van der Waals surface area contributed by atoms with E-state index in [4.69, 9.17) is 0 Å². The zero-order chi connectivity index (χ0) is 13.6. The Morgan fingerprint density at radius 3 is 2.75 bits per heavy atom. The van der Waals surface area contributed by atoms with Crippen LogP contribution in [0.3, 0.4) is 0 Å². The number of nitrogens with one attached hydrogen (secondary N) is 1. The van der Waals surface area contributed by atoms with Crippen molar-refractivity contribution in [2.75, 3.05) is 6.54 Å². The van der Waals surface area contributed by atoms with Gasteiger partial charge >= 0.3 is 0 Å². The van der Waals surface area contributed by atoms with Gasteiger partial charge in [0.1, 0.15) is 0 Å². The molecule has 0 saturated heterocycles. The Morgan fingerprint density at radius 2 is 1.95 bits per heavy atom. The predicted molar refractivity (Wildman–Crippen MR) is 78.1 cm³/mol. The van der Waals surface area contributed by atoms with E-state index in [-0.39, 0.29) is 0 Å². The van der Waals surface area contributed by atoms with Gasteiger partial charge in [-0.1, -0.05) is 43.2 Å². The van der Waals surface area contributed by atoms with Crippen molar-refractivity contribution in [1.82, 2.24) is 25.5 Å². The van der Waals surface area contributed by atoms with Crippen molar-refractivity contribution < 1.29 is 0 Å². The summed E-state index contributed by atoms with van der Waals surface area (Å²) >= 11 is 0. The van der Waals surface area contributed by atoms with Gasteiger partial charge in [0, 0.05) is 11.6 Å². The summed E-state index contributed by atoms with van der Waals surface area (Å²) in [7, 11) is 0. The molecule has 5 heteroatoms. The van der Waals surface area contributed by atoms with Crippen molar-refractivity contribution in [3.8, 4) is 11.4 Å². The summed E-state index contributed by atoms with van der Waals surface area (Å²) in [6.45, 7) is 1.85. The molecule has 0 bridgehead atoms. The summed E-state index contributed by atoms with van der Waals surface area (Å²) in [6, 6.07) is 10.7. The highest BCUT2D eigenvalue weighted by Gasteiger charge is 2.13. The second kappa shape index (κ2) is 6.61. The summed E-state index contributed by atoms with van der Waals surface area (Å²) in [5.74, 6) is 0.703. The molecule has 1 aliphatic carbocycles. The zero-order valence-corrected chi connectivity index (χ0v) is 11.7. The largest absolute Gasteiger partial charge is 0.314 e. The van der Waals surface area contributed by atoms with Crippen molar-refractivity contribution >= 4 is 0 Å². The number of rotatable bonds is 6. The minimum absolute atomic E-state index is 0.703. The Bertz CT molecular complexity index is 516. The van der Waals surface area contributed by atoms with Crippen molar-refractivity contribution in [2.45, 2.75) is 44.7 Å². The molecule has 2 aromatic rings. The van der Waals surface area contributed by atoms with Crippen LogP contribution in [-0.2, 0) is 6.54 Å². The van der Waals surface area contributed by atoms with Crippen LogP contribution in [0.2, 0.25) is 0 Å². The second-order valence-electron chi connectivity index (χ2n) is 5.36. The first-order valence-corrected chi connectivity index (χ1v) is 7.48. The lowest BCUT2D eigenvalue weighted by molar-refractivity contribution is 0.454. The van der Waals surface area contributed by atoms with Gasteiger partial charge in [-0.15, -0.1) is 10.2 Å². The molecule has 20 heavy (non-hydrogen) atoms. The molecule has 1 N–H and O–H groups in total. The van der Waals surface area contributed by atoms with Crippen LogP contribution in [0.4, 0.5) is 0 Å². The molecule has 0 amide bonds. The number of tetrazole rings is 1. The highest BCUT2D eigenvalue weighted by Crippen LogP contribution is 2.17. The lowest BCUT2D eigenvalue weighted by Gasteiger charge is -2.10. The van der Waals surface area contributed by atoms with Gasteiger partial charge in [-0.25, -0.2) is 0 Å². The smallest absolute Gasteiger partial charge is 0.204 e. The number of nitrogens with zero attached hydrogens (tertiary/aromatic N) is 4. The van der Waals surface area contributed by atoms with Crippen LogP contribution in [-0.4, -0.2) is 32.8 Å². The lowest BCUT2D eigenvalue weighted by Crippen LogP contribution is -2.27. The highest BCUT2D eigenvalue weighted by molar-refractivity contribution is 5.52. The SMILES string of the molecule is c1ccc(-c2nnn(CCCNC3CCCC3)n2)cc1. The van der Waals surface area contributed by atoms with E-state index in [0.29, 0.717) is 5.82 Å². The molecule has 106 valence electrons. The highest BCUT2D eigenvalue weighted by atomic mass is 15.6. The van der Waals surface area contributed by atoms with E-state index < -0.39 is 0 Å². The Balaban J connectivity index is 1.45. The molecule has 0 radical (unpaired) electrons. The Kier molecular flexibility index (Phi) is 4.38.